The molecule has 1 aliphatic heterocycles. The lowest BCUT2D eigenvalue weighted by Gasteiger charge is -2.18. The monoisotopic (exact) mass is 311 g/mol. The van der Waals surface area contributed by atoms with Gasteiger partial charge < -0.3 is 0 Å². The normalized spacial score (nSPS) is 14.0. The molecule has 0 fully saturated rings. The van der Waals surface area contributed by atoms with Crippen molar-refractivity contribution in [2.75, 3.05) is 13.1 Å². The molecule has 0 bridgehead atoms. The fraction of sp³-hybridized carbons (Fsp3) is 0.235. The number of aliphatic imine (C=N–C) groups is 1. The van der Waals surface area contributed by atoms with Crippen LogP contribution in [0.1, 0.15) is 21.5 Å². The first-order valence-electron chi connectivity index (χ1n) is 7.19. The second-order valence-corrected chi connectivity index (χ2v) is 6.08. The van der Waals surface area contributed by atoms with Crippen molar-refractivity contribution in [3.63, 3.8) is 0 Å². The van der Waals surface area contributed by atoms with Crippen LogP contribution in [0.3, 0.4) is 0 Å². The predicted octanol–water partition coefficient (Wildman–Crippen LogP) is 3.14. The highest BCUT2D eigenvalue weighted by Gasteiger charge is 2.24. The van der Waals surface area contributed by atoms with E-state index in [-0.39, 0.29) is 5.91 Å². The van der Waals surface area contributed by atoms with Crippen molar-refractivity contribution in [1.29, 1.82) is 0 Å². The molecule has 0 atom stereocenters. The first-order valence-corrected chi connectivity index (χ1v) is 8.17. The summed E-state index contributed by atoms with van der Waals surface area (Å²) in [6.45, 7) is 3.34. The van der Waals surface area contributed by atoms with Crippen molar-refractivity contribution in [3.8, 4) is 0 Å². The fourth-order valence-corrected chi connectivity index (χ4v) is 3.20. The summed E-state index contributed by atoms with van der Waals surface area (Å²) in [6.07, 6.45) is 3.60. The van der Waals surface area contributed by atoms with Gasteiger partial charge in [0.25, 0.3) is 5.91 Å². The number of aromatic nitrogens is 1. The van der Waals surface area contributed by atoms with E-state index in [9.17, 15) is 4.79 Å². The average Bonchev–Trinajstić information content (AvgIpc) is 3.02. The Morgan fingerprint density at radius 1 is 1.27 bits per heavy atom. The van der Waals surface area contributed by atoms with Gasteiger partial charge in [0.1, 0.15) is 0 Å². The second kappa shape index (κ2) is 6.75. The van der Waals surface area contributed by atoms with E-state index in [1.54, 1.807) is 22.9 Å². The number of amides is 1. The zero-order valence-corrected chi connectivity index (χ0v) is 13.2. The molecule has 0 radical (unpaired) electrons. The molecule has 1 aliphatic rings. The number of thioether (sulfide) groups is 1. The van der Waals surface area contributed by atoms with Crippen LogP contribution in [0.5, 0.6) is 0 Å². The van der Waals surface area contributed by atoms with Crippen molar-refractivity contribution >= 4 is 22.8 Å². The molecular weight excluding hydrogens is 294 g/mol. The van der Waals surface area contributed by atoms with Gasteiger partial charge in [-0.05, 0) is 30.7 Å². The number of nitrogens with zero attached hydrogens (tertiary/aromatic N) is 3. The van der Waals surface area contributed by atoms with E-state index in [1.165, 1.54) is 0 Å². The number of benzene rings is 1. The van der Waals surface area contributed by atoms with E-state index in [0.29, 0.717) is 18.7 Å². The van der Waals surface area contributed by atoms with Crippen molar-refractivity contribution in [1.82, 2.24) is 9.88 Å². The maximum absolute atomic E-state index is 12.6. The molecule has 1 aromatic carbocycles. The lowest BCUT2D eigenvalue weighted by molar-refractivity contribution is 0.0860. The third-order valence-corrected chi connectivity index (χ3v) is 4.52. The van der Waals surface area contributed by atoms with Gasteiger partial charge in [0.05, 0.1) is 6.54 Å². The molecule has 0 unspecified atom stereocenters. The third-order valence-electron chi connectivity index (χ3n) is 3.44. The van der Waals surface area contributed by atoms with E-state index < -0.39 is 0 Å². The Balaban J connectivity index is 1.67. The zero-order chi connectivity index (χ0) is 15.4. The molecule has 1 aromatic heterocycles. The van der Waals surface area contributed by atoms with Crippen LogP contribution in [0.15, 0.2) is 53.8 Å². The Hall–Kier alpha value is -2.14. The number of carbonyl (C=O) groups is 1. The quantitative estimate of drug-likeness (QED) is 0.875. The molecule has 4 nitrogen and oxygen atoms in total. The van der Waals surface area contributed by atoms with Crippen LogP contribution in [0, 0.1) is 6.92 Å². The molecule has 1 amide bonds. The van der Waals surface area contributed by atoms with Crippen LogP contribution in [0.25, 0.3) is 0 Å². The number of rotatable bonds is 3. The van der Waals surface area contributed by atoms with Gasteiger partial charge in [-0.2, -0.15) is 0 Å². The van der Waals surface area contributed by atoms with Crippen LogP contribution in [0.2, 0.25) is 0 Å². The molecule has 5 heteroatoms. The highest BCUT2D eigenvalue weighted by atomic mass is 32.2. The van der Waals surface area contributed by atoms with E-state index in [2.05, 4.69) is 9.98 Å². The molecule has 2 heterocycles. The topological polar surface area (TPSA) is 45.6 Å². The molecular formula is C17H17N3OS. The SMILES string of the molecule is Cc1ccc(C(=O)N2CCN=C2SCc2cccnc2)cc1. The predicted molar refractivity (Wildman–Crippen MR) is 90.0 cm³/mol. The average molecular weight is 311 g/mol. The highest BCUT2D eigenvalue weighted by molar-refractivity contribution is 8.13. The Kier molecular flexibility index (Phi) is 4.53. The maximum Gasteiger partial charge on any atom is 0.259 e. The molecule has 2 aromatic rings. The molecule has 0 saturated heterocycles. The van der Waals surface area contributed by atoms with Crippen LogP contribution in [0.4, 0.5) is 0 Å². The number of amidine groups is 1. The van der Waals surface area contributed by atoms with E-state index in [0.717, 1.165) is 22.0 Å². The molecule has 3 rings (SSSR count). The van der Waals surface area contributed by atoms with Gasteiger partial charge in [0.2, 0.25) is 0 Å². The molecule has 22 heavy (non-hydrogen) atoms. The van der Waals surface area contributed by atoms with Crippen LogP contribution in [-0.4, -0.2) is 34.0 Å². The highest BCUT2D eigenvalue weighted by Crippen LogP contribution is 2.21. The van der Waals surface area contributed by atoms with Gasteiger partial charge in [-0.1, -0.05) is 35.5 Å². The Bertz CT molecular complexity index is 683. The van der Waals surface area contributed by atoms with Gasteiger partial charge >= 0.3 is 0 Å². The van der Waals surface area contributed by atoms with Crippen molar-refractivity contribution in [2.24, 2.45) is 4.99 Å². The first kappa shape index (κ1) is 14.8. The van der Waals surface area contributed by atoms with Crippen molar-refractivity contribution in [3.05, 3.63) is 65.5 Å². The lowest BCUT2D eigenvalue weighted by atomic mass is 10.1. The van der Waals surface area contributed by atoms with Gasteiger partial charge in [0.15, 0.2) is 5.17 Å². The van der Waals surface area contributed by atoms with Crippen molar-refractivity contribution in [2.45, 2.75) is 12.7 Å². The van der Waals surface area contributed by atoms with E-state index >= 15 is 0 Å². The first-order chi connectivity index (χ1) is 10.7. The smallest absolute Gasteiger partial charge is 0.259 e. The van der Waals surface area contributed by atoms with Gasteiger partial charge in [-0.3, -0.25) is 19.7 Å². The summed E-state index contributed by atoms with van der Waals surface area (Å²) in [5.41, 5.74) is 2.99. The summed E-state index contributed by atoms with van der Waals surface area (Å²) in [4.78, 5) is 22.9. The van der Waals surface area contributed by atoms with Gasteiger partial charge in [0, 0.05) is 30.3 Å². The van der Waals surface area contributed by atoms with Crippen LogP contribution >= 0.6 is 11.8 Å². The Labute approximate surface area is 134 Å². The summed E-state index contributed by atoms with van der Waals surface area (Å²) in [5.74, 6) is 0.791. The molecule has 0 N–H and O–H groups in total. The number of pyridine rings is 1. The summed E-state index contributed by atoms with van der Waals surface area (Å²) in [6, 6.07) is 11.6. The molecule has 0 spiro atoms. The number of hydrogen-bond acceptors (Lipinski definition) is 4. The van der Waals surface area contributed by atoms with Gasteiger partial charge in [-0.15, -0.1) is 0 Å². The molecule has 0 aliphatic carbocycles. The Morgan fingerprint density at radius 3 is 2.82 bits per heavy atom. The lowest BCUT2D eigenvalue weighted by Crippen LogP contribution is -2.32. The summed E-state index contributed by atoms with van der Waals surface area (Å²) in [5, 5.41) is 0.800. The minimum absolute atomic E-state index is 0.0231. The summed E-state index contributed by atoms with van der Waals surface area (Å²) in [7, 11) is 0. The standard InChI is InChI=1S/C17H17N3OS/c1-13-4-6-15(7-5-13)16(21)20-10-9-19-17(20)22-12-14-3-2-8-18-11-14/h2-8,11H,9-10,12H2,1H3. The van der Waals surface area contributed by atoms with Crippen LogP contribution < -0.4 is 0 Å². The number of carbonyl (C=O) groups excluding carboxylic acids is 1. The number of aryl methyl sites for hydroxylation is 1. The molecule has 0 saturated carbocycles. The maximum atomic E-state index is 12.6. The Morgan fingerprint density at radius 2 is 2.09 bits per heavy atom. The van der Waals surface area contributed by atoms with Crippen molar-refractivity contribution < 1.29 is 4.79 Å². The molecule has 112 valence electrons. The largest absolute Gasteiger partial charge is 0.286 e. The van der Waals surface area contributed by atoms with Crippen LogP contribution in [-0.2, 0) is 5.75 Å². The second-order valence-electron chi connectivity index (χ2n) is 5.14. The number of hydrogen-bond donors (Lipinski definition) is 0. The summed E-state index contributed by atoms with van der Waals surface area (Å²) < 4.78 is 0. The van der Waals surface area contributed by atoms with Gasteiger partial charge in [-0.25, -0.2) is 0 Å². The third kappa shape index (κ3) is 3.36. The zero-order valence-electron chi connectivity index (χ0n) is 12.4. The van der Waals surface area contributed by atoms with E-state index in [4.69, 9.17) is 0 Å². The minimum Gasteiger partial charge on any atom is -0.286 e. The summed E-state index contributed by atoms with van der Waals surface area (Å²) >= 11 is 1.59. The minimum atomic E-state index is 0.0231. The van der Waals surface area contributed by atoms with E-state index in [1.807, 2.05) is 49.5 Å². The fourth-order valence-electron chi connectivity index (χ4n) is 2.22.